The summed E-state index contributed by atoms with van der Waals surface area (Å²) >= 11 is 1.56. The zero-order chi connectivity index (χ0) is 14.0. The Morgan fingerprint density at radius 2 is 2.00 bits per heavy atom. The van der Waals surface area contributed by atoms with Crippen LogP contribution in [0.2, 0.25) is 0 Å². The Kier molecular flexibility index (Phi) is 3.90. The van der Waals surface area contributed by atoms with Gasteiger partial charge in [-0.25, -0.2) is 4.98 Å². The molecule has 0 aliphatic heterocycles. The van der Waals surface area contributed by atoms with Crippen molar-refractivity contribution in [1.29, 1.82) is 0 Å². The highest BCUT2D eigenvalue weighted by atomic mass is 32.1. The van der Waals surface area contributed by atoms with Crippen LogP contribution in [0.3, 0.4) is 0 Å². The molecule has 1 amide bonds. The predicted molar refractivity (Wildman–Crippen MR) is 81.7 cm³/mol. The topological polar surface area (TPSA) is 33.2 Å². The van der Waals surface area contributed by atoms with Gasteiger partial charge < -0.3 is 0 Å². The van der Waals surface area contributed by atoms with Crippen molar-refractivity contribution in [3.05, 3.63) is 24.3 Å². The Morgan fingerprint density at radius 3 is 2.63 bits per heavy atom. The molecule has 1 aromatic heterocycles. The monoisotopic (exact) mass is 276 g/mol. The fraction of sp³-hybridized carbons (Fsp3) is 0.467. The van der Waals surface area contributed by atoms with Crippen LogP contribution in [0.5, 0.6) is 0 Å². The van der Waals surface area contributed by atoms with Crippen LogP contribution in [0, 0.1) is 5.41 Å². The van der Waals surface area contributed by atoms with Crippen molar-refractivity contribution in [3.8, 4) is 0 Å². The van der Waals surface area contributed by atoms with E-state index in [2.05, 4.69) is 25.8 Å². The van der Waals surface area contributed by atoms with Crippen molar-refractivity contribution < 1.29 is 4.79 Å². The van der Waals surface area contributed by atoms with Gasteiger partial charge in [0, 0.05) is 13.5 Å². The lowest BCUT2D eigenvalue weighted by molar-refractivity contribution is -0.118. The molecule has 1 aromatic carbocycles. The molecule has 2 aromatic rings. The maximum absolute atomic E-state index is 12.2. The van der Waals surface area contributed by atoms with Crippen molar-refractivity contribution in [3.63, 3.8) is 0 Å². The molecule has 0 saturated heterocycles. The summed E-state index contributed by atoms with van der Waals surface area (Å²) in [5.41, 5.74) is 1.14. The molecule has 2 rings (SSSR count). The Balaban J connectivity index is 2.10. The number of aromatic nitrogens is 1. The van der Waals surface area contributed by atoms with E-state index in [1.54, 1.807) is 16.2 Å². The Labute approximate surface area is 118 Å². The molecule has 0 aliphatic rings. The molecular formula is C15H20N2OS. The van der Waals surface area contributed by atoms with Gasteiger partial charge >= 0.3 is 0 Å². The van der Waals surface area contributed by atoms with Crippen molar-refractivity contribution in [2.75, 3.05) is 11.9 Å². The zero-order valence-electron chi connectivity index (χ0n) is 11.9. The minimum atomic E-state index is 0.133. The molecule has 0 radical (unpaired) electrons. The van der Waals surface area contributed by atoms with Gasteiger partial charge in [-0.05, 0) is 24.0 Å². The van der Waals surface area contributed by atoms with Gasteiger partial charge in [0.2, 0.25) is 5.91 Å². The number of anilines is 1. The quantitative estimate of drug-likeness (QED) is 0.846. The van der Waals surface area contributed by atoms with Gasteiger partial charge in [0.15, 0.2) is 5.13 Å². The number of fused-ring (bicyclic) bond motifs is 1. The minimum absolute atomic E-state index is 0.133. The normalized spacial score (nSPS) is 11.8. The third-order valence-electron chi connectivity index (χ3n) is 3.03. The molecule has 19 heavy (non-hydrogen) atoms. The number of thiazole rings is 1. The van der Waals surface area contributed by atoms with Gasteiger partial charge in [-0.15, -0.1) is 0 Å². The summed E-state index contributed by atoms with van der Waals surface area (Å²) < 4.78 is 1.12. The third kappa shape index (κ3) is 3.53. The minimum Gasteiger partial charge on any atom is -0.291 e. The van der Waals surface area contributed by atoms with E-state index >= 15 is 0 Å². The van der Waals surface area contributed by atoms with Crippen molar-refractivity contribution in [2.45, 2.75) is 33.6 Å². The summed E-state index contributed by atoms with van der Waals surface area (Å²) in [5, 5.41) is 0.778. The molecule has 0 fully saturated rings. The molecule has 102 valence electrons. The van der Waals surface area contributed by atoms with E-state index in [0.717, 1.165) is 21.8 Å². The molecule has 1 heterocycles. The number of nitrogens with zero attached hydrogens (tertiary/aromatic N) is 2. The van der Waals surface area contributed by atoms with Crippen LogP contribution < -0.4 is 4.90 Å². The molecule has 0 unspecified atom stereocenters. The summed E-state index contributed by atoms with van der Waals surface area (Å²) in [5.74, 6) is 0.133. The molecular weight excluding hydrogens is 256 g/mol. The summed E-state index contributed by atoms with van der Waals surface area (Å²) in [4.78, 5) is 18.3. The van der Waals surface area contributed by atoms with E-state index in [0.29, 0.717) is 6.42 Å². The standard InChI is InChI=1S/C15H20N2OS/c1-15(2,3)10-9-13(18)17(4)14-16-11-7-5-6-8-12(11)19-14/h5-8H,9-10H2,1-4H3. The van der Waals surface area contributed by atoms with Gasteiger partial charge in [-0.1, -0.05) is 44.2 Å². The van der Waals surface area contributed by atoms with Crippen molar-refractivity contribution >= 4 is 32.6 Å². The average molecular weight is 276 g/mol. The Morgan fingerprint density at radius 1 is 1.32 bits per heavy atom. The molecule has 0 spiro atoms. The average Bonchev–Trinajstić information content (AvgIpc) is 2.77. The number of hydrogen-bond acceptors (Lipinski definition) is 3. The SMILES string of the molecule is CN(C(=O)CCC(C)(C)C)c1nc2ccccc2s1. The van der Waals surface area contributed by atoms with Gasteiger partial charge in [0.25, 0.3) is 0 Å². The Hall–Kier alpha value is -1.42. The second-order valence-corrected chi connectivity index (χ2v) is 6.99. The number of hydrogen-bond donors (Lipinski definition) is 0. The van der Waals surface area contributed by atoms with E-state index < -0.39 is 0 Å². The van der Waals surface area contributed by atoms with E-state index in [9.17, 15) is 4.79 Å². The van der Waals surface area contributed by atoms with Crippen LogP contribution in [0.25, 0.3) is 10.2 Å². The first-order chi connectivity index (χ1) is 8.87. The van der Waals surface area contributed by atoms with E-state index in [1.807, 2.05) is 31.3 Å². The Bertz CT molecular complexity index is 550. The largest absolute Gasteiger partial charge is 0.291 e. The van der Waals surface area contributed by atoms with Crippen molar-refractivity contribution in [1.82, 2.24) is 4.98 Å². The highest BCUT2D eigenvalue weighted by Crippen LogP contribution is 2.29. The molecule has 4 heteroatoms. The highest BCUT2D eigenvalue weighted by molar-refractivity contribution is 7.22. The van der Waals surface area contributed by atoms with Crippen LogP contribution in [0.15, 0.2) is 24.3 Å². The molecule has 0 aliphatic carbocycles. The number of rotatable bonds is 3. The van der Waals surface area contributed by atoms with Gasteiger partial charge in [-0.2, -0.15) is 0 Å². The number of carbonyl (C=O) groups is 1. The number of carbonyl (C=O) groups excluding carboxylic acids is 1. The first kappa shape index (κ1) is 14.0. The molecule has 0 bridgehead atoms. The zero-order valence-corrected chi connectivity index (χ0v) is 12.8. The first-order valence-electron chi connectivity index (χ1n) is 6.49. The van der Waals surface area contributed by atoms with Crippen LogP contribution in [-0.4, -0.2) is 17.9 Å². The van der Waals surface area contributed by atoms with Crippen molar-refractivity contribution in [2.24, 2.45) is 5.41 Å². The molecule has 3 nitrogen and oxygen atoms in total. The van der Waals surface area contributed by atoms with E-state index in [1.165, 1.54) is 0 Å². The highest BCUT2D eigenvalue weighted by Gasteiger charge is 2.18. The lowest BCUT2D eigenvalue weighted by atomic mass is 9.90. The fourth-order valence-electron chi connectivity index (χ4n) is 1.76. The van der Waals surface area contributed by atoms with Crippen LogP contribution >= 0.6 is 11.3 Å². The number of amides is 1. The first-order valence-corrected chi connectivity index (χ1v) is 7.30. The van der Waals surface area contributed by atoms with Gasteiger partial charge in [0.1, 0.15) is 0 Å². The molecule has 0 saturated carbocycles. The van der Waals surface area contributed by atoms with E-state index in [4.69, 9.17) is 0 Å². The second-order valence-electron chi connectivity index (χ2n) is 5.98. The summed E-state index contributed by atoms with van der Waals surface area (Å²) in [7, 11) is 1.81. The summed E-state index contributed by atoms with van der Waals surface area (Å²) in [6.07, 6.45) is 1.46. The molecule has 0 atom stereocenters. The third-order valence-corrected chi connectivity index (χ3v) is 4.15. The molecule has 0 N–H and O–H groups in total. The maximum Gasteiger partial charge on any atom is 0.228 e. The smallest absolute Gasteiger partial charge is 0.228 e. The maximum atomic E-state index is 12.2. The second kappa shape index (κ2) is 5.29. The van der Waals surface area contributed by atoms with E-state index in [-0.39, 0.29) is 11.3 Å². The van der Waals surface area contributed by atoms with Crippen LogP contribution in [0.4, 0.5) is 5.13 Å². The lowest BCUT2D eigenvalue weighted by Gasteiger charge is -2.19. The van der Waals surface area contributed by atoms with Gasteiger partial charge in [-0.3, -0.25) is 9.69 Å². The van der Waals surface area contributed by atoms with Gasteiger partial charge in [0.05, 0.1) is 10.2 Å². The number of benzene rings is 1. The predicted octanol–water partition coefficient (Wildman–Crippen LogP) is 4.09. The summed E-state index contributed by atoms with van der Waals surface area (Å²) in [6, 6.07) is 7.96. The fourth-order valence-corrected chi connectivity index (χ4v) is 2.70. The van der Waals surface area contributed by atoms with Crippen LogP contribution in [-0.2, 0) is 4.79 Å². The number of para-hydroxylation sites is 1. The van der Waals surface area contributed by atoms with Crippen LogP contribution in [0.1, 0.15) is 33.6 Å². The summed E-state index contributed by atoms with van der Waals surface area (Å²) in [6.45, 7) is 6.45. The lowest BCUT2D eigenvalue weighted by Crippen LogP contribution is -2.27.